The van der Waals surface area contributed by atoms with Gasteiger partial charge in [0, 0.05) is 6.04 Å². The van der Waals surface area contributed by atoms with Crippen LogP contribution >= 0.6 is 28.2 Å². The highest BCUT2D eigenvalue weighted by Gasteiger charge is 2.20. The fourth-order valence-corrected chi connectivity index (χ4v) is 2.63. The van der Waals surface area contributed by atoms with Gasteiger partial charge in [-0.25, -0.2) is 0 Å². The van der Waals surface area contributed by atoms with Gasteiger partial charge in [-0.2, -0.15) is 0 Å². The summed E-state index contributed by atoms with van der Waals surface area (Å²) in [5.74, 6) is -2.20. The highest BCUT2D eigenvalue weighted by Crippen LogP contribution is 2.61. The molecule has 1 aromatic rings. The Balaban J connectivity index is 2.87. The minimum atomic E-state index is -2.20. The lowest BCUT2D eigenvalue weighted by molar-refractivity contribution is 0.446. The van der Waals surface area contributed by atoms with Crippen molar-refractivity contribution in [2.24, 2.45) is 0 Å². The van der Waals surface area contributed by atoms with Crippen LogP contribution in [0.25, 0.3) is 0 Å². The first-order valence-corrected chi connectivity index (χ1v) is 8.07. The van der Waals surface area contributed by atoms with Crippen LogP contribution in [0, 0.1) is 0 Å². The van der Waals surface area contributed by atoms with Crippen molar-refractivity contribution in [2.45, 2.75) is 13.0 Å². The molecule has 0 aliphatic heterocycles. The van der Waals surface area contributed by atoms with Crippen LogP contribution in [-0.4, -0.2) is 18.0 Å². The van der Waals surface area contributed by atoms with E-state index in [0.717, 1.165) is 0 Å². The van der Waals surface area contributed by atoms with Gasteiger partial charge in [-0.05, 0) is 19.5 Å². The second-order valence-corrected chi connectivity index (χ2v) is 8.95. The van der Waals surface area contributed by atoms with Crippen LogP contribution in [0.5, 0.6) is 0 Å². The third-order valence-electron chi connectivity index (χ3n) is 2.30. The lowest BCUT2D eigenvalue weighted by Gasteiger charge is -2.29. The fourth-order valence-electron chi connectivity index (χ4n) is 1.20. The van der Waals surface area contributed by atoms with E-state index in [9.17, 15) is 0 Å². The predicted molar refractivity (Wildman–Crippen MR) is 68.4 cm³/mol. The molecule has 1 nitrogen and oxygen atoms in total. The molecular formula is C10H14Cl2NP. The summed E-state index contributed by atoms with van der Waals surface area (Å²) >= 11 is 12.0. The van der Waals surface area contributed by atoms with Crippen molar-refractivity contribution in [2.75, 3.05) is 7.05 Å². The highest BCUT2D eigenvalue weighted by atomic mass is 35.9. The Morgan fingerprint density at radius 2 is 1.79 bits per heavy atom. The molecule has 1 rings (SSSR count). The van der Waals surface area contributed by atoms with Crippen molar-refractivity contribution in [1.82, 2.24) is 4.67 Å². The summed E-state index contributed by atoms with van der Waals surface area (Å²) in [6, 6.07) is 10.3. The van der Waals surface area contributed by atoms with Crippen LogP contribution in [0.3, 0.4) is 0 Å². The second-order valence-electron chi connectivity index (χ2n) is 3.26. The van der Waals surface area contributed by atoms with E-state index >= 15 is 0 Å². The zero-order chi connectivity index (χ0) is 10.8. The van der Waals surface area contributed by atoms with E-state index in [1.165, 1.54) is 5.56 Å². The van der Waals surface area contributed by atoms with E-state index in [2.05, 4.69) is 25.4 Å². The lowest BCUT2D eigenvalue weighted by Crippen LogP contribution is -2.15. The smallest absolute Gasteiger partial charge is 0.116 e. The summed E-state index contributed by atoms with van der Waals surface area (Å²) in [5.41, 5.74) is 1.20. The van der Waals surface area contributed by atoms with Crippen LogP contribution < -0.4 is 0 Å². The monoisotopic (exact) mass is 249 g/mol. The van der Waals surface area contributed by atoms with Gasteiger partial charge in [0.05, 0.1) is 0 Å². The van der Waals surface area contributed by atoms with E-state index in [1.54, 1.807) is 0 Å². The van der Waals surface area contributed by atoms with E-state index in [0.29, 0.717) is 0 Å². The summed E-state index contributed by atoms with van der Waals surface area (Å²) < 4.78 is 1.92. The Morgan fingerprint density at radius 3 is 2.21 bits per heavy atom. The molecule has 0 aromatic heterocycles. The van der Waals surface area contributed by atoms with Crippen molar-refractivity contribution >= 4 is 34.5 Å². The van der Waals surface area contributed by atoms with Gasteiger partial charge in [-0.1, -0.05) is 59.1 Å². The van der Waals surface area contributed by atoms with Crippen molar-refractivity contribution < 1.29 is 0 Å². The Morgan fingerprint density at radius 1 is 1.29 bits per heavy atom. The molecule has 0 bridgehead atoms. The van der Waals surface area contributed by atoms with Gasteiger partial charge in [0.1, 0.15) is 5.74 Å². The Labute approximate surface area is 95.2 Å². The standard InChI is InChI=1S/C10H14Cl2NP/c1-9(13(2)14(3,11)12)10-7-5-4-6-8-10/h4-9H,3H2,1-2H3/t9-/m0/s1. The second kappa shape index (κ2) is 4.72. The molecule has 78 valence electrons. The van der Waals surface area contributed by atoms with Crippen molar-refractivity contribution in [1.29, 1.82) is 0 Å². The number of benzene rings is 1. The van der Waals surface area contributed by atoms with E-state index in [-0.39, 0.29) is 6.04 Å². The molecule has 0 saturated carbocycles. The molecule has 0 spiro atoms. The van der Waals surface area contributed by atoms with Crippen LogP contribution in [0.1, 0.15) is 18.5 Å². The molecule has 0 saturated heterocycles. The maximum absolute atomic E-state index is 6.02. The van der Waals surface area contributed by atoms with Crippen LogP contribution in [0.4, 0.5) is 0 Å². The first kappa shape index (κ1) is 12.1. The molecule has 1 atom stereocenters. The first-order chi connectivity index (χ1) is 6.43. The average molecular weight is 250 g/mol. The molecule has 0 radical (unpaired) electrons. The van der Waals surface area contributed by atoms with Crippen LogP contribution in [0.15, 0.2) is 30.3 Å². The third-order valence-corrected chi connectivity index (χ3v) is 5.00. The Hall–Kier alpha value is 0.0600. The van der Waals surface area contributed by atoms with Gasteiger partial charge in [-0.3, -0.25) is 4.67 Å². The fraction of sp³-hybridized carbons (Fsp3) is 0.300. The van der Waals surface area contributed by atoms with Gasteiger partial charge in [0.2, 0.25) is 0 Å². The van der Waals surface area contributed by atoms with Crippen molar-refractivity contribution in [3.63, 3.8) is 0 Å². The summed E-state index contributed by atoms with van der Waals surface area (Å²) in [6.45, 7) is 2.07. The van der Waals surface area contributed by atoms with Crippen LogP contribution in [0.2, 0.25) is 0 Å². The predicted octanol–water partition coefficient (Wildman–Crippen LogP) is 4.35. The van der Waals surface area contributed by atoms with E-state index < -0.39 is 5.74 Å². The molecule has 1 aromatic carbocycles. The maximum atomic E-state index is 6.02. The van der Waals surface area contributed by atoms with Crippen LogP contribution in [-0.2, 0) is 0 Å². The number of nitrogens with zero attached hydrogens (tertiary/aromatic N) is 1. The number of rotatable bonds is 3. The van der Waals surface area contributed by atoms with E-state index in [1.807, 2.05) is 29.9 Å². The first-order valence-electron chi connectivity index (χ1n) is 4.34. The van der Waals surface area contributed by atoms with Gasteiger partial charge in [-0.15, -0.1) is 0 Å². The quantitative estimate of drug-likeness (QED) is 0.721. The van der Waals surface area contributed by atoms with E-state index in [4.69, 9.17) is 22.5 Å². The van der Waals surface area contributed by atoms with Crippen molar-refractivity contribution in [3.8, 4) is 0 Å². The van der Waals surface area contributed by atoms with Crippen molar-refractivity contribution in [3.05, 3.63) is 35.9 Å². The molecule has 0 unspecified atom stereocenters. The summed E-state index contributed by atoms with van der Waals surface area (Å²) in [6.07, 6.45) is 3.78. The molecule has 0 aliphatic rings. The van der Waals surface area contributed by atoms with Gasteiger partial charge in [0.25, 0.3) is 0 Å². The largest absolute Gasteiger partial charge is 0.256 e. The maximum Gasteiger partial charge on any atom is 0.116 e. The molecule has 0 amide bonds. The van der Waals surface area contributed by atoms with Gasteiger partial charge < -0.3 is 0 Å². The summed E-state index contributed by atoms with van der Waals surface area (Å²) in [5, 5.41) is 0. The topological polar surface area (TPSA) is 3.24 Å². The Kier molecular flexibility index (Phi) is 4.09. The number of halogens is 2. The van der Waals surface area contributed by atoms with Gasteiger partial charge >= 0.3 is 0 Å². The third kappa shape index (κ3) is 3.03. The number of hydrogen-bond donors (Lipinski definition) is 0. The Bertz CT molecular complexity index is 333. The highest BCUT2D eigenvalue weighted by molar-refractivity contribution is 8.13. The molecule has 0 aliphatic carbocycles. The summed E-state index contributed by atoms with van der Waals surface area (Å²) in [7, 11) is 1.90. The van der Waals surface area contributed by atoms with Gasteiger partial charge in [0.15, 0.2) is 0 Å². The lowest BCUT2D eigenvalue weighted by atomic mass is 10.1. The zero-order valence-electron chi connectivity index (χ0n) is 8.32. The molecular weight excluding hydrogens is 236 g/mol. The molecule has 0 N–H and O–H groups in total. The summed E-state index contributed by atoms with van der Waals surface area (Å²) in [4.78, 5) is 0. The molecule has 4 heteroatoms. The minimum Gasteiger partial charge on any atom is -0.256 e. The zero-order valence-corrected chi connectivity index (χ0v) is 10.7. The molecule has 14 heavy (non-hydrogen) atoms. The number of hydrogen-bond acceptors (Lipinski definition) is 1. The SMILES string of the molecule is C=P(Cl)(Cl)N(C)[C@@H](C)c1ccccc1. The molecule has 0 heterocycles. The normalized spacial score (nSPS) is 14.4. The minimum absolute atomic E-state index is 0.192. The average Bonchev–Trinajstić information content (AvgIpc) is 2.15. The molecule has 0 fully saturated rings.